The van der Waals surface area contributed by atoms with Crippen molar-refractivity contribution in [3.63, 3.8) is 0 Å². The summed E-state index contributed by atoms with van der Waals surface area (Å²) in [6, 6.07) is -0.325. The maximum Gasteiger partial charge on any atom is 0.314 e. The van der Waals surface area contributed by atoms with Crippen LogP contribution >= 0.6 is 0 Å². The molecule has 0 spiro atoms. The van der Waals surface area contributed by atoms with Crippen LogP contribution in [0.3, 0.4) is 0 Å². The molecule has 0 aliphatic carbocycles. The van der Waals surface area contributed by atoms with Crippen LogP contribution < -0.4 is 10.6 Å². The predicted molar refractivity (Wildman–Crippen MR) is 79.6 cm³/mol. The molecule has 0 fully saturated rings. The standard InChI is InChI=1S/C13H28N2O3S/c1-10(2)8-11(16)9-15-12(17)14-6-7-19(18)13(3,4)5/h10-11,16H,6-9H2,1-5H3,(H2,14,15,17). The third-order valence-corrected chi connectivity index (χ3v) is 4.44. The third-order valence-electron chi connectivity index (χ3n) is 2.50. The van der Waals surface area contributed by atoms with Gasteiger partial charge in [-0.2, -0.15) is 0 Å². The lowest BCUT2D eigenvalue weighted by Gasteiger charge is -2.18. The van der Waals surface area contributed by atoms with Crippen LogP contribution in [-0.4, -0.2) is 45.0 Å². The Morgan fingerprint density at radius 3 is 2.32 bits per heavy atom. The van der Waals surface area contributed by atoms with Crippen molar-refractivity contribution in [1.29, 1.82) is 0 Å². The topological polar surface area (TPSA) is 78.4 Å². The van der Waals surface area contributed by atoms with Crippen molar-refractivity contribution in [2.75, 3.05) is 18.8 Å². The molecule has 2 atom stereocenters. The summed E-state index contributed by atoms with van der Waals surface area (Å²) in [6.45, 7) is 10.4. The van der Waals surface area contributed by atoms with Gasteiger partial charge in [0.2, 0.25) is 0 Å². The van der Waals surface area contributed by atoms with Crippen molar-refractivity contribution in [3.05, 3.63) is 0 Å². The second-order valence-corrected chi connectivity index (χ2v) is 8.41. The van der Waals surface area contributed by atoms with Gasteiger partial charge in [0.1, 0.15) is 0 Å². The minimum atomic E-state index is -0.966. The SMILES string of the molecule is CC(C)CC(O)CNC(=O)NCCS(=O)C(C)(C)C. The van der Waals surface area contributed by atoms with E-state index in [2.05, 4.69) is 10.6 Å². The number of hydrogen-bond acceptors (Lipinski definition) is 3. The first kappa shape index (κ1) is 18.4. The largest absolute Gasteiger partial charge is 0.391 e. The van der Waals surface area contributed by atoms with Gasteiger partial charge in [0.15, 0.2) is 0 Å². The molecule has 0 saturated carbocycles. The zero-order chi connectivity index (χ0) is 15.1. The first-order chi connectivity index (χ1) is 8.62. The summed E-state index contributed by atoms with van der Waals surface area (Å²) < 4.78 is 11.5. The normalized spacial score (nSPS) is 15.1. The summed E-state index contributed by atoms with van der Waals surface area (Å²) in [5.74, 6) is 0.833. The Kier molecular flexibility index (Phi) is 8.25. The highest BCUT2D eigenvalue weighted by Gasteiger charge is 2.18. The molecule has 0 radical (unpaired) electrons. The van der Waals surface area contributed by atoms with Gasteiger partial charge in [-0.1, -0.05) is 13.8 Å². The summed E-state index contributed by atoms with van der Waals surface area (Å²) >= 11 is 0. The highest BCUT2D eigenvalue weighted by Crippen LogP contribution is 2.10. The number of rotatable bonds is 7. The van der Waals surface area contributed by atoms with Gasteiger partial charge in [0, 0.05) is 34.4 Å². The molecule has 0 bridgehead atoms. The maximum absolute atomic E-state index is 11.7. The average Bonchev–Trinajstić information content (AvgIpc) is 2.24. The van der Waals surface area contributed by atoms with Crippen molar-refractivity contribution in [2.45, 2.75) is 51.9 Å². The number of aliphatic hydroxyl groups is 1. The number of hydrogen-bond donors (Lipinski definition) is 3. The van der Waals surface area contributed by atoms with E-state index in [4.69, 9.17) is 0 Å². The van der Waals surface area contributed by atoms with Crippen molar-refractivity contribution < 1.29 is 14.1 Å². The molecular weight excluding hydrogens is 264 g/mol. The van der Waals surface area contributed by atoms with E-state index in [1.165, 1.54) is 0 Å². The van der Waals surface area contributed by atoms with Gasteiger partial charge in [-0.25, -0.2) is 4.79 Å². The molecule has 0 rings (SSSR count). The fraction of sp³-hybridized carbons (Fsp3) is 0.923. The molecule has 0 aliphatic rings. The van der Waals surface area contributed by atoms with Crippen LogP contribution in [0.25, 0.3) is 0 Å². The van der Waals surface area contributed by atoms with Crippen LogP contribution in [0.5, 0.6) is 0 Å². The van der Waals surface area contributed by atoms with Gasteiger partial charge in [0.05, 0.1) is 6.10 Å². The molecule has 3 N–H and O–H groups in total. The van der Waals surface area contributed by atoms with Crippen molar-refractivity contribution in [3.8, 4) is 0 Å². The summed E-state index contributed by atoms with van der Waals surface area (Å²) in [5, 5.41) is 14.8. The van der Waals surface area contributed by atoms with Crippen molar-refractivity contribution >= 4 is 16.8 Å². The molecule has 5 nitrogen and oxygen atoms in total. The number of amides is 2. The predicted octanol–water partition coefficient (Wildman–Crippen LogP) is 1.24. The third kappa shape index (κ3) is 9.90. The van der Waals surface area contributed by atoms with Crippen LogP contribution in [0.4, 0.5) is 4.79 Å². The summed E-state index contributed by atoms with van der Waals surface area (Å²) in [4.78, 5) is 11.4. The number of urea groups is 1. The number of aliphatic hydroxyl groups excluding tert-OH is 1. The van der Waals surface area contributed by atoms with E-state index in [1.54, 1.807) is 0 Å². The van der Waals surface area contributed by atoms with Crippen LogP contribution in [0.2, 0.25) is 0 Å². The second kappa shape index (κ2) is 8.53. The van der Waals surface area contributed by atoms with Crippen molar-refractivity contribution in [2.24, 2.45) is 5.92 Å². The van der Waals surface area contributed by atoms with Gasteiger partial charge in [0.25, 0.3) is 0 Å². The fourth-order valence-electron chi connectivity index (χ4n) is 1.46. The van der Waals surface area contributed by atoms with Crippen LogP contribution in [0.1, 0.15) is 41.0 Å². The van der Waals surface area contributed by atoms with E-state index in [-0.39, 0.29) is 17.3 Å². The molecule has 2 unspecified atom stereocenters. The summed E-state index contributed by atoms with van der Waals surface area (Å²) in [5.41, 5.74) is 0. The zero-order valence-corrected chi connectivity index (χ0v) is 13.5. The Morgan fingerprint density at radius 2 is 1.84 bits per heavy atom. The highest BCUT2D eigenvalue weighted by atomic mass is 32.2. The minimum absolute atomic E-state index is 0.242. The van der Waals surface area contributed by atoms with Crippen LogP contribution in [0, 0.1) is 5.92 Å². The number of carbonyl (C=O) groups is 1. The first-order valence-corrected chi connectivity index (χ1v) is 8.03. The number of nitrogens with one attached hydrogen (secondary N) is 2. The molecule has 0 aromatic rings. The fourth-order valence-corrected chi connectivity index (χ4v) is 2.36. The molecule has 114 valence electrons. The Hall–Kier alpha value is -0.620. The molecule has 0 aliphatic heterocycles. The summed E-state index contributed by atoms with van der Waals surface area (Å²) in [6.07, 6.45) is 0.142. The Bertz CT molecular complexity index is 301. The van der Waals surface area contributed by atoms with Crippen LogP contribution in [0.15, 0.2) is 0 Å². The van der Waals surface area contributed by atoms with E-state index in [0.717, 1.165) is 0 Å². The number of carbonyl (C=O) groups excluding carboxylic acids is 1. The van der Waals surface area contributed by atoms with Crippen LogP contribution in [-0.2, 0) is 10.8 Å². The van der Waals surface area contributed by atoms with E-state index in [0.29, 0.717) is 24.6 Å². The summed E-state index contributed by atoms with van der Waals surface area (Å²) in [7, 11) is -0.966. The lowest BCUT2D eigenvalue weighted by Crippen LogP contribution is -2.42. The lowest BCUT2D eigenvalue weighted by atomic mass is 10.1. The highest BCUT2D eigenvalue weighted by molar-refractivity contribution is 7.86. The Labute approximate surface area is 119 Å². The Morgan fingerprint density at radius 1 is 1.26 bits per heavy atom. The second-order valence-electron chi connectivity index (χ2n) is 6.08. The minimum Gasteiger partial charge on any atom is -0.391 e. The molecule has 6 heteroatoms. The van der Waals surface area contributed by atoms with E-state index in [1.807, 2.05) is 34.6 Å². The molecule has 0 aromatic heterocycles. The van der Waals surface area contributed by atoms with Gasteiger partial charge in [-0.15, -0.1) is 0 Å². The molecule has 2 amide bonds. The quantitative estimate of drug-likeness (QED) is 0.660. The molecular formula is C13H28N2O3S. The molecule has 0 aromatic carbocycles. The smallest absolute Gasteiger partial charge is 0.314 e. The molecule has 0 heterocycles. The van der Waals surface area contributed by atoms with Gasteiger partial charge in [-0.05, 0) is 33.1 Å². The zero-order valence-electron chi connectivity index (χ0n) is 12.7. The first-order valence-electron chi connectivity index (χ1n) is 6.71. The van der Waals surface area contributed by atoms with E-state index >= 15 is 0 Å². The average molecular weight is 292 g/mol. The lowest BCUT2D eigenvalue weighted by molar-refractivity contribution is 0.147. The van der Waals surface area contributed by atoms with E-state index < -0.39 is 16.9 Å². The molecule has 0 saturated heterocycles. The maximum atomic E-state index is 11.7. The van der Waals surface area contributed by atoms with Crippen molar-refractivity contribution in [1.82, 2.24) is 10.6 Å². The molecule has 19 heavy (non-hydrogen) atoms. The van der Waals surface area contributed by atoms with Gasteiger partial charge in [-0.3, -0.25) is 4.21 Å². The Balaban J connectivity index is 3.74. The van der Waals surface area contributed by atoms with E-state index in [9.17, 15) is 14.1 Å². The monoisotopic (exact) mass is 292 g/mol. The van der Waals surface area contributed by atoms with Gasteiger partial charge < -0.3 is 15.7 Å². The van der Waals surface area contributed by atoms with Gasteiger partial charge >= 0.3 is 6.03 Å².